The molecule has 0 aliphatic rings. The van der Waals surface area contributed by atoms with Crippen molar-refractivity contribution < 1.29 is 5.11 Å². The Kier molecular flexibility index (Phi) is 2.53. The molecule has 1 heterocycles. The molecule has 15 heavy (non-hydrogen) atoms. The summed E-state index contributed by atoms with van der Waals surface area (Å²) in [5.74, 6) is 0.249. The van der Waals surface area contributed by atoms with Crippen LogP contribution in [0.1, 0.15) is 5.56 Å². The third-order valence-electron chi connectivity index (χ3n) is 2.20. The van der Waals surface area contributed by atoms with Crippen molar-refractivity contribution in [3.05, 3.63) is 46.6 Å². The number of nitrogens with zero attached hydrogens (tertiary/aromatic N) is 2. The predicted octanol–water partition coefficient (Wildman–Crippen LogP) is 0.520. The molecule has 2 aromatic rings. The molecular weight excluding hydrogens is 194 g/mol. The summed E-state index contributed by atoms with van der Waals surface area (Å²) < 4.78 is 1.51. The predicted molar refractivity (Wildman–Crippen MR) is 54.7 cm³/mol. The Balaban J connectivity index is 2.02. The Hall–Kier alpha value is -2.04. The van der Waals surface area contributed by atoms with Gasteiger partial charge >= 0.3 is 5.69 Å². The third kappa shape index (κ3) is 2.25. The molecule has 5 nitrogen and oxygen atoms in total. The zero-order valence-corrected chi connectivity index (χ0v) is 8.05. The van der Waals surface area contributed by atoms with Gasteiger partial charge in [0.2, 0.25) is 0 Å². The van der Waals surface area contributed by atoms with E-state index < -0.39 is 0 Å². The van der Waals surface area contributed by atoms with Crippen molar-refractivity contribution in [2.75, 3.05) is 0 Å². The average molecular weight is 205 g/mol. The van der Waals surface area contributed by atoms with Crippen LogP contribution in [0.2, 0.25) is 0 Å². The second kappa shape index (κ2) is 4.00. The number of rotatable bonds is 3. The summed E-state index contributed by atoms with van der Waals surface area (Å²) in [4.78, 5) is 11.1. The van der Waals surface area contributed by atoms with Gasteiger partial charge < -0.3 is 5.11 Å². The van der Waals surface area contributed by atoms with E-state index in [1.165, 1.54) is 10.9 Å². The van der Waals surface area contributed by atoms with Crippen LogP contribution in [-0.2, 0) is 13.0 Å². The van der Waals surface area contributed by atoms with Gasteiger partial charge in [-0.3, -0.25) is 4.57 Å². The topological polar surface area (TPSA) is 70.9 Å². The lowest BCUT2D eigenvalue weighted by Crippen LogP contribution is -2.17. The number of aromatic nitrogens is 3. The van der Waals surface area contributed by atoms with Crippen LogP contribution in [0.15, 0.2) is 35.4 Å². The summed E-state index contributed by atoms with van der Waals surface area (Å²) in [6, 6.07) is 6.93. The summed E-state index contributed by atoms with van der Waals surface area (Å²) >= 11 is 0. The number of nitrogens with one attached hydrogen (secondary N) is 1. The fourth-order valence-corrected chi connectivity index (χ4v) is 1.34. The molecule has 1 aromatic heterocycles. The summed E-state index contributed by atoms with van der Waals surface area (Å²) in [6.07, 6.45) is 2.21. The zero-order valence-electron chi connectivity index (χ0n) is 8.05. The van der Waals surface area contributed by atoms with E-state index in [0.29, 0.717) is 6.54 Å². The maximum atomic E-state index is 11.1. The fraction of sp³-hybridized carbons (Fsp3) is 0.200. The molecule has 0 spiro atoms. The van der Waals surface area contributed by atoms with Gasteiger partial charge in [0, 0.05) is 6.54 Å². The molecule has 0 amide bonds. The number of benzene rings is 1. The van der Waals surface area contributed by atoms with E-state index in [2.05, 4.69) is 10.2 Å². The molecule has 0 aliphatic carbocycles. The number of phenols is 1. The van der Waals surface area contributed by atoms with E-state index in [-0.39, 0.29) is 11.4 Å². The first kappa shape index (κ1) is 9.51. The number of phenolic OH excluding ortho intramolecular Hbond substituents is 1. The van der Waals surface area contributed by atoms with Crippen LogP contribution in [0.3, 0.4) is 0 Å². The normalized spacial score (nSPS) is 10.4. The van der Waals surface area contributed by atoms with Crippen molar-refractivity contribution in [3.8, 4) is 5.75 Å². The Morgan fingerprint density at radius 1 is 1.33 bits per heavy atom. The Bertz CT molecular complexity index is 484. The number of aromatic hydroxyl groups is 1. The minimum atomic E-state index is -0.200. The quantitative estimate of drug-likeness (QED) is 0.767. The number of aryl methyl sites for hydroxylation is 2. The Labute approximate surface area is 86.0 Å². The van der Waals surface area contributed by atoms with Crippen molar-refractivity contribution in [2.45, 2.75) is 13.0 Å². The lowest BCUT2D eigenvalue weighted by molar-refractivity contribution is 0.475. The Morgan fingerprint density at radius 2 is 2.07 bits per heavy atom. The monoisotopic (exact) mass is 205 g/mol. The minimum Gasteiger partial charge on any atom is -0.508 e. The van der Waals surface area contributed by atoms with Gasteiger partial charge in [-0.1, -0.05) is 12.1 Å². The first-order valence-corrected chi connectivity index (χ1v) is 4.63. The second-order valence-electron chi connectivity index (χ2n) is 3.27. The second-order valence-corrected chi connectivity index (χ2v) is 3.27. The van der Waals surface area contributed by atoms with Crippen LogP contribution in [0, 0.1) is 0 Å². The number of hydrogen-bond acceptors (Lipinski definition) is 3. The number of aromatic amines is 1. The maximum Gasteiger partial charge on any atom is 0.343 e. The molecule has 2 N–H and O–H groups in total. The molecule has 0 atom stereocenters. The van der Waals surface area contributed by atoms with E-state index in [1.54, 1.807) is 12.1 Å². The van der Waals surface area contributed by atoms with Crippen LogP contribution in [0.4, 0.5) is 0 Å². The van der Waals surface area contributed by atoms with Crippen LogP contribution in [-0.4, -0.2) is 19.9 Å². The van der Waals surface area contributed by atoms with E-state index in [0.717, 1.165) is 12.0 Å². The highest BCUT2D eigenvalue weighted by Gasteiger charge is 1.98. The van der Waals surface area contributed by atoms with E-state index in [1.807, 2.05) is 12.1 Å². The van der Waals surface area contributed by atoms with Crippen LogP contribution in [0.25, 0.3) is 0 Å². The molecule has 2 rings (SSSR count). The standard InChI is InChI=1S/C10H11N3O2/c14-9-3-1-8(2-4-9)5-6-13-7-11-12-10(13)15/h1-4,7,14H,5-6H2,(H,12,15). The highest BCUT2D eigenvalue weighted by atomic mass is 16.3. The average Bonchev–Trinajstić information content (AvgIpc) is 2.63. The fourth-order valence-electron chi connectivity index (χ4n) is 1.34. The molecule has 0 radical (unpaired) electrons. The summed E-state index contributed by atoms with van der Waals surface area (Å²) in [5, 5.41) is 15.0. The number of H-pyrrole nitrogens is 1. The minimum absolute atomic E-state index is 0.200. The van der Waals surface area contributed by atoms with Gasteiger partial charge in [-0.25, -0.2) is 9.89 Å². The highest BCUT2D eigenvalue weighted by Crippen LogP contribution is 2.10. The van der Waals surface area contributed by atoms with Crippen molar-refractivity contribution >= 4 is 0 Å². The lowest BCUT2D eigenvalue weighted by atomic mass is 10.1. The molecular formula is C10H11N3O2. The van der Waals surface area contributed by atoms with Gasteiger partial charge in [0.15, 0.2) is 0 Å². The molecule has 0 saturated heterocycles. The van der Waals surface area contributed by atoms with Gasteiger partial charge in [-0.2, -0.15) is 5.10 Å². The van der Waals surface area contributed by atoms with Crippen molar-refractivity contribution in [3.63, 3.8) is 0 Å². The lowest BCUT2D eigenvalue weighted by Gasteiger charge is -2.01. The molecule has 0 fully saturated rings. The third-order valence-corrected chi connectivity index (χ3v) is 2.20. The van der Waals surface area contributed by atoms with Crippen LogP contribution >= 0.6 is 0 Å². The van der Waals surface area contributed by atoms with E-state index >= 15 is 0 Å². The van der Waals surface area contributed by atoms with Crippen molar-refractivity contribution in [1.29, 1.82) is 0 Å². The molecule has 0 saturated carbocycles. The van der Waals surface area contributed by atoms with E-state index in [4.69, 9.17) is 5.11 Å². The van der Waals surface area contributed by atoms with Gasteiger partial charge in [0.1, 0.15) is 12.1 Å². The first-order valence-electron chi connectivity index (χ1n) is 4.63. The largest absolute Gasteiger partial charge is 0.508 e. The highest BCUT2D eigenvalue weighted by molar-refractivity contribution is 5.25. The van der Waals surface area contributed by atoms with Crippen LogP contribution in [0.5, 0.6) is 5.75 Å². The molecule has 1 aromatic carbocycles. The van der Waals surface area contributed by atoms with E-state index in [9.17, 15) is 4.79 Å². The van der Waals surface area contributed by atoms with Gasteiger partial charge in [-0.15, -0.1) is 0 Å². The molecule has 78 valence electrons. The van der Waals surface area contributed by atoms with Crippen LogP contribution < -0.4 is 5.69 Å². The maximum absolute atomic E-state index is 11.1. The Morgan fingerprint density at radius 3 is 2.67 bits per heavy atom. The van der Waals surface area contributed by atoms with Gasteiger partial charge in [0.25, 0.3) is 0 Å². The smallest absolute Gasteiger partial charge is 0.343 e. The van der Waals surface area contributed by atoms with Gasteiger partial charge in [-0.05, 0) is 24.1 Å². The SMILES string of the molecule is O=c1[nH]ncn1CCc1ccc(O)cc1. The summed E-state index contributed by atoms with van der Waals surface area (Å²) in [6.45, 7) is 0.583. The van der Waals surface area contributed by atoms with Gasteiger partial charge in [0.05, 0.1) is 0 Å². The molecule has 5 heteroatoms. The summed E-state index contributed by atoms with van der Waals surface area (Å²) in [5.41, 5.74) is 0.870. The van der Waals surface area contributed by atoms with Crippen molar-refractivity contribution in [1.82, 2.24) is 14.8 Å². The number of hydrogen-bond donors (Lipinski definition) is 2. The van der Waals surface area contributed by atoms with Crippen molar-refractivity contribution in [2.24, 2.45) is 0 Å². The summed E-state index contributed by atoms with van der Waals surface area (Å²) in [7, 11) is 0. The molecule has 0 aliphatic heterocycles. The first-order chi connectivity index (χ1) is 7.25. The molecule has 0 bridgehead atoms. The molecule has 0 unspecified atom stereocenters. The zero-order chi connectivity index (χ0) is 10.7.